The van der Waals surface area contributed by atoms with Crippen molar-refractivity contribution in [3.63, 3.8) is 0 Å². The molecule has 16 heteroatoms. The Kier molecular flexibility index (Phi) is 20.3. The molecule has 0 N–H and O–H groups in total. The quantitative estimate of drug-likeness (QED) is 0.243. The van der Waals surface area contributed by atoms with Gasteiger partial charge in [0.15, 0.2) is 0 Å². The van der Waals surface area contributed by atoms with Crippen molar-refractivity contribution in [1.82, 2.24) is 0 Å². The minimum atomic E-state index is -4.42. The minimum absolute atomic E-state index is 0. The Morgan fingerprint density at radius 3 is 0.727 bits per heavy atom. The number of hydrogen-bond donors (Lipinski definition) is 0. The molecule has 0 bridgehead atoms. The van der Waals surface area contributed by atoms with Gasteiger partial charge in [-0.05, 0) is 20.8 Å². The monoisotopic (exact) mass is 477 g/mol. The van der Waals surface area contributed by atoms with Crippen LogP contribution in [-0.2, 0) is 63.2 Å². The summed E-state index contributed by atoms with van der Waals surface area (Å²) in [5.41, 5.74) is 0. The molecule has 0 atom stereocenters. The molecule has 0 aromatic carbocycles. The van der Waals surface area contributed by atoms with E-state index >= 15 is 0 Å². The molecule has 0 fully saturated rings. The van der Waals surface area contributed by atoms with E-state index in [1.54, 1.807) is 0 Å². The fourth-order valence-corrected chi connectivity index (χ4v) is 1.30. The second-order valence-corrected chi connectivity index (χ2v) is 5.60. The van der Waals surface area contributed by atoms with Crippen molar-refractivity contribution >= 4 is 31.2 Å². The molecule has 0 rings (SSSR count). The average molecular weight is 476 g/mol. The van der Waals surface area contributed by atoms with Crippen molar-refractivity contribution in [2.75, 3.05) is 19.8 Å². The van der Waals surface area contributed by atoms with Gasteiger partial charge < -0.3 is 13.7 Å². The van der Waals surface area contributed by atoms with Crippen molar-refractivity contribution < 1.29 is 70.9 Å². The van der Waals surface area contributed by atoms with E-state index in [0.29, 0.717) is 0 Å². The van der Waals surface area contributed by atoms with E-state index in [-0.39, 0.29) is 39.3 Å². The summed E-state index contributed by atoms with van der Waals surface area (Å²) in [6.45, 7) is 4.00. The van der Waals surface area contributed by atoms with Crippen LogP contribution in [0.1, 0.15) is 20.8 Å². The van der Waals surface area contributed by atoms with Gasteiger partial charge in [-0.2, -0.15) is 0 Å². The molecule has 0 amide bonds. The van der Waals surface area contributed by atoms with E-state index in [2.05, 4.69) is 12.5 Å². The number of hydrogen-bond acceptors (Lipinski definition) is 12. The zero-order chi connectivity index (χ0) is 17.7. The van der Waals surface area contributed by atoms with Crippen molar-refractivity contribution in [2.24, 2.45) is 0 Å². The third kappa shape index (κ3) is 50.0. The molecule has 0 aliphatic rings. The smallest absolute Gasteiger partial charge is 0.726 e. The van der Waals surface area contributed by atoms with Crippen molar-refractivity contribution in [3.8, 4) is 0 Å². The first-order valence-electron chi connectivity index (χ1n) is 4.99. The first-order valence-corrected chi connectivity index (χ1v) is 8.99. The molecule has 137 valence electrons. The van der Waals surface area contributed by atoms with Crippen LogP contribution in [0.3, 0.4) is 0 Å². The maximum absolute atomic E-state index is 9.45. The second kappa shape index (κ2) is 14.8. The molecule has 0 unspecified atom stereocenters. The van der Waals surface area contributed by atoms with Gasteiger partial charge in [0.1, 0.15) is 0 Å². The summed E-state index contributed by atoms with van der Waals surface area (Å²) in [6, 6.07) is 0. The fraction of sp³-hybridized carbons (Fsp3) is 1.00. The first kappa shape index (κ1) is 30.2. The van der Waals surface area contributed by atoms with Gasteiger partial charge in [-0.3, -0.25) is 12.5 Å². The molecule has 0 aliphatic heterocycles. The molecule has 0 heterocycles. The van der Waals surface area contributed by atoms with Gasteiger partial charge in [0, 0.05) is 0 Å². The Labute approximate surface area is 142 Å². The molecular weight excluding hydrogens is 461 g/mol. The van der Waals surface area contributed by atoms with Gasteiger partial charge in [0.05, 0.1) is 19.8 Å². The summed E-state index contributed by atoms with van der Waals surface area (Å²) >= 11 is 0. The summed E-state index contributed by atoms with van der Waals surface area (Å²) in [7, 11) is -13.3. The van der Waals surface area contributed by atoms with Crippen LogP contribution in [0.5, 0.6) is 0 Å². The Bertz CT molecular complexity index is 455. The molecule has 0 aromatic rings. The minimum Gasteiger partial charge on any atom is -0.726 e. The van der Waals surface area contributed by atoms with Gasteiger partial charge in [-0.1, -0.05) is 0 Å². The molecule has 0 saturated carbocycles. The van der Waals surface area contributed by atoms with Crippen LogP contribution in [0, 0.1) is 0 Å². The summed E-state index contributed by atoms with van der Waals surface area (Å²) in [4.78, 5) is 0. The van der Waals surface area contributed by atoms with Gasteiger partial charge >= 0.3 is 19.5 Å². The zero-order valence-corrected chi connectivity index (χ0v) is 15.8. The van der Waals surface area contributed by atoms with Crippen LogP contribution in [0.2, 0.25) is 0 Å². The summed E-state index contributed by atoms with van der Waals surface area (Å²) in [5.74, 6) is 0. The maximum atomic E-state index is 9.45. The molecular formula is C6H15O12RuS3. The van der Waals surface area contributed by atoms with E-state index in [1.165, 1.54) is 20.8 Å². The van der Waals surface area contributed by atoms with E-state index in [1.807, 2.05) is 0 Å². The predicted octanol–water partition coefficient (Wildman–Crippen LogP) is -1.55. The van der Waals surface area contributed by atoms with Crippen molar-refractivity contribution in [2.45, 2.75) is 20.8 Å². The van der Waals surface area contributed by atoms with Crippen molar-refractivity contribution in [3.05, 3.63) is 0 Å². The Morgan fingerprint density at radius 1 is 0.591 bits per heavy atom. The molecule has 0 aliphatic carbocycles. The standard InChI is InChI=1S/3C2H6O4S.Ru/c3*1-2-6-7(3,4)5;/h3*2H2,1H3,(H,3,4,5);/q;;;+3/p-3. The van der Waals surface area contributed by atoms with Crippen molar-refractivity contribution in [1.29, 1.82) is 0 Å². The molecule has 12 nitrogen and oxygen atoms in total. The maximum Gasteiger partial charge on any atom is 3.00 e. The third-order valence-corrected chi connectivity index (χ3v) is 2.36. The average Bonchev–Trinajstić information content (AvgIpc) is 2.12. The Balaban J connectivity index is -0.000000108. The number of rotatable bonds is 6. The molecule has 0 aromatic heterocycles. The normalized spacial score (nSPS) is 11.2. The molecule has 0 saturated heterocycles. The summed E-state index contributed by atoms with van der Waals surface area (Å²) < 4.78 is 96.0. The SMILES string of the molecule is CCOS(=O)(=O)[O-].CCOS(=O)(=O)[O-].CCOS(=O)(=O)[O-].[Ru+3]. The molecule has 22 heavy (non-hydrogen) atoms. The third-order valence-electron chi connectivity index (χ3n) is 0.787. The molecule has 1 radical (unpaired) electrons. The Hall–Kier alpha value is 0.233. The van der Waals surface area contributed by atoms with Crippen LogP contribution in [0.15, 0.2) is 0 Å². The van der Waals surface area contributed by atoms with Crippen LogP contribution >= 0.6 is 0 Å². The van der Waals surface area contributed by atoms with E-state index in [4.69, 9.17) is 0 Å². The zero-order valence-electron chi connectivity index (χ0n) is 11.6. The first-order chi connectivity index (χ1) is 9.18. The van der Waals surface area contributed by atoms with E-state index in [9.17, 15) is 38.9 Å². The van der Waals surface area contributed by atoms with E-state index in [0.717, 1.165) is 0 Å². The fourth-order valence-electron chi connectivity index (χ4n) is 0.433. The predicted molar refractivity (Wildman–Crippen MR) is 64.0 cm³/mol. The van der Waals surface area contributed by atoms with Crippen LogP contribution in [0.4, 0.5) is 0 Å². The van der Waals surface area contributed by atoms with Crippen LogP contribution in [0.25, 0.3) is 0 Å². The van der Waals surface area contributed by atoms with Gasteiger partial charge in [0.2, 0.25) is 31.2 Å². The van der Waals surface area contributed by atoms with Gasteiger partial charge in [-0.15, -0.1) is 0 Å². The largest absolute Gasteiger partial charge is 3.00 e. The summed E-state index contributed by atoms with van der Waals surface area (Å²) in [5, 5.41) is 0. The van der Waals surface area contributed by atoms with Gasteiger partial charge in [0.25, 0.3) is 0 Å². The topological polar surface area (TPSA) is 199 Å². The second-order valence-electron chi connectivity index (χ2n) is 2.44. The van der Waals surface area contributed by atoms with Gasteiger partial charge in [-0.25, -0.2) is 25.3 Å². The molecule has 0 spiro atoms. The Morgan fingerprint density at radius 2 is 0.727 bits per heavy atom. The van der Waals surface area contributed by atoms with E-state index < -0.39 is 31.2 Å². The summed E-state index contributed by atoms with van der Waals surface area (Å²) in [6.07, 6.45) is 0. The van der Waals surface area contributed by atoms with Crippen LogP contribution < -0.4 is 0 Å². The van der Waals surface area contributed by atoms with Crippen LogP contribution in [-0.4, -0.2) is 58.7 Å².